The van der Waals surface area contributed by atoms with Gasteiger partial charge in [0.15, 0.2) is 11.6 Å². The Bertz CT molecular complexity index is 1120. The first-order chi connectivity index (χ1) is 16.1. The van der Waals surface area contributed by atoms with E-state index in [2.05, 4.69) is 32.5 Å². The molecule has 0 spiro atoms. The maximum atomic E-state index is 14.3. The van der Waals surface area contributed by atoms with Gasteiger partial charge in [-0.15, -0.1) is 0 Å². The molecule has 1 unspecified atom stereocenters. The Hall–Kier alpha value is -3.98. The molecular weight excluding hydrogens is 425 g/mol. The first kappa shape index (κ1) is 22.2. The highest BCUT2D eigenvalue weighted by atomic mass is 19.1. The van der Waals surface area contributed by atoms with E-state index in [-0.39, 0.29) is 23.8 Å². The first-order valence-electron chi connectivity index (χ1n) is 10.5. The molecule has 1 amide bonds. The highest BCUT2D eigenvalue weighted by molar-refractivity contribution is 5.99. The molecular formula is C24H24FN5O3. The zero-order valence-electron chi connectivity index (χ0n) is 17.9. The van der Waals surface area contributed by atoms with Crippen LogP contribution >= 0.6 is 0 Å². The van der Waals surface area contributed by atoms with E-state index in [9.17, 15) is 9.18 Å². The molecule has 3 N–H and O–H groups in total. The quantitative estimate of drug-likeness (QED) is 0.404. The van der Waals surface area contributed by atoms with Gasteiger partial charge < -0.3 is 25.4 Å². The average molecular weight is 449 g/mol. The Morgan fingerprint density at radius 2 is 2.00 bits per heavy atom. The predicted molar refractivity (Wildman–Crippen MR) is 125 cm³/mol. The molecule has 1 aromatic heterocycles. The normalized spacial score (nSPS) is 15.0. The Morgan fingerprint density at radius 1 is 1.18 bits per heavy atom. The molecule has 0 aliphatic carbocycles. The van der Waals surface area contributed by atoms with Crippen molar-refractivity contribution in [3.05, 3.63) is 73.2 Å². The number of amides is 1. The summed E-state index contributed by atoms with van der Waals surface area (Å²) >= 11 is 0. The maximum Gasteiger partial charge on any atom is 0.247 e. The molecule has 33 heavy (non-hydrogen) atoms. The second kappa shape index (κ2) is 10.6. The molecule has 0 saturated carbocycles. The molecule has 170 valence electrons. The molecule has 1 atom stereocenters. The van der Waals surface area contributed by atoms with E-state index in [4.69, 9.17) is 9.47 Å². The van der Waals surface area contributed by atoms with Crippen LogP contribution in [0.1, 0.15) is 12.8 Å². The topological polar surface area (TPSA) is 97.4 Å². The SMILES string of the molecule is C=CC(=O)Nc1cccc(Nc2nc(Nc3ccc(OCC4CCCO4)cc3)ncc2F)c1. The number of aromatic nitrogens is 2. The van der Waals surface area contributed by atoms with Crippen molar-refractivity contribution >= 4 is 34.7 Å². The van der Waals surface area contributed by atoms with Crippen molar-refractivity contribution in [1.29, 1.82) is 0 Å². The van der Waals surface area contributed by atoms with Crippen molar-refractivity contribution in [3.8, 4) is 5.75 Å². The third kappa shape index (κ3) is 6.27. The van der Waals surface area contributed by atoms with Crippen LogP contribution in [0.3, 0.4) is 0 Å². The third-order valence-electron chi connectivity index (χ3n) is 4.89. The number of hydrogen-bond acceptors (Lipinski definition) is 7. The summed E-state index contributed by atoms with van der Waals surface area (Å²) in [4.78, 5) is 19.7. The molecule has 1 aliphatic heterocycles. The molecule has 1 fully saturated rings. The Balaban J connectivity index is 1.39. The molecule has 1 saturated heterocycles. The molecule has 0 bridgehead atoms. The number of nitrogens with zero attached hydrogens (tertiary/aromatic N) is 2. The Labute approximate surface area is 190 Å². The van der Waals surface area contributed by atoms with Crippen LogP contribution in [0.5, 0.6) is 5.75 Å². The summed E-state index contributed by atoms with van der Waals surface area (Å²) in [5, 5.41) is 8.61. The van der Waals surface area contributed by atoms with Crippen molar-refractivity contribution in [2.45, 2.75) is 18.9 Å². The van der Waals surface area contributed by atoms with Gasteiger partial charge >= 0.3 is 0 Å². The number of anilines is 5. The second-order valence-corrected chi connectivity index (χ2v) is 7.38. The Kier molecular flexibility index (Phi) is 7.11. The third-order valence-corrected chi connectivity index (χ3v) is 4.89. The van der Waals surface area contributed by atoms with Crippen LogP contribution in [-0.4, -0.2) is 35.2 Å². The minimum Gasteiger partial charge on any atom is -0.491 e. The summed E-state index contributed by atoms with van der Waals surface area (Å²) < 4.78 is 25.6. The van der Waals surface area contributed by atoms with Crippen LogP contribution in [-0.2, 0) is 9.53 Å². The zero-order valence-corrected chi connectivity index (χ0v) is 17.9. The number of nitrogens with one attached hydrogen (secondary N) is 3. The van der Waals surface area contributed by atoms with Crippen LogP contribution in [0, 0.1) is 5.82 Å². The minimum absolute atomic E-state index is 0.00351. The highest BCUT2D eigenvalue weighted by Crippen LogP contribution is 2.24. The Morgan fingerprint density at radius 3 is 2.76 bits per heavy atom. The monoisotopic (exact) mass is 449 g/mol. The summed E-state index contributed by atoms with van der Waals surface area (Å²) in [7, 11) is 0. The van der Waals surface area contributed by atoms with Crippen molar-refractivity contribution in [2.75, 3.05) is 29.2 Å². The fraction of sp³-hybridized carbons (Fsp3) is 0.208. The minimum atomic E-state index is -0.612. The highest BCUT2D eigenvalue weighted by Gasteiger charge is 2.16. The van der Waals surface area contributed by atoms with E-state index < -0.39 is 5.82 Å². The summed E-state index contributed by atoms with van der Waals surface area (Å²) in [5.74, 6) is 0.00945. The number of carbonyl (C=O) groups is 1. The van der Waals surface area contributed by atoms with Gasteiger partial charge in [-0.3, -0.25) is 4.79 Å². The van der Waals surface area contributed by atoms with Gasteiger partial charge in [0.1, 0.15) is 12.4 Å². The fourth-order valence-corrected chi connectivity index (χ4v) is 3.25. The lowest BCUT2D eigenvalue weighted by atomic mass is 10.2. The van der Waals surface area contributed by atoms with E-state index in [1.54, 1.807) is 24.3 Å². The summed E-state index contributed by atoms with van der Waals surface area (Å²) in [6.07, 6.45) is 4.50. The predicted octanol–water partition coefficient (Wildman–Crippen LogP) is 4.79. The van der Waals surface area contributed by atoms with Crippen molar-refractivity contribution in [2.24, 2.45) is 0 Å². The van der Waals surface area contributed by atoms with Crippen LogP contribution < -0.4 is 20.7 Å². The lowest BCUT2D eigenvalue weighted by Gasteiger charge is -2.12. The fourth-order valence-electron chi connectivity index (χ4n) is 3.25. The number of ether oxygens (including phenoxy) is 2. The smallest absolute Gasteiger partial charge is 0.247 e. The van der Waals surface area contributed by atoms with Crippen molar-refractivity contribution in [3.63, 3.8) is 0 Å². The van der Waals surface area contributed by atoms with Gasteiger partial charge in [-0.2, -0.15) is 4.98 Å². The lowest BCUT2D eigenvalue weighted by Crippen LogP contribution is -2.16. The number of carbonyl (C=O) groups excluding carboxylic acids is 1. The van der Waals surface area contributed by atoms with Gasteiger partial charge in [-0.1, -0.05) is 12.6 Å². The zero-order chi connectivity index (χ0) is 23.0. The maximum absolute atomic E-state index is 14.3. The number of rotatable bonds is 9. The van der Waals surface area contributed by atoms with Gasteiger partial charge in [0.2, 0.25) is 11.9 Å². The second-order valence-electron chi connectivity index (χ2n) is 7.38. The molecule has 1 aliphatic rings. The summed E-state index contributed by atoms with van der Waals surface area (Å²) in [6, 6.07) is 14.2. The van der Waals surface area contributed by atoms with Crippen LogP contribution in [0.4, 0.5) is 33.2 Å². The van der Waals surface area contributed by atoms with Gasteiger partial charge in [0.25, 0.3) is 0 Å². The largest absolute Gasteiger partial charge is 0.491 e. The summed E-state index contributed by atoms with van der Waals surface area (Å²) in [5.41, 5.74) is 1.82. The van der Waals surface area contributed by atoms with Gasteiger partial charge in [-0.05, 0) is 61.4 Å². The van der Waals surface area contributed by atoms with Crippen LogP contribution in [0.25, 0.3) is 0 Å². The molecule has 8 nitrogen and oxygen atoms in total. The average Bonchev–Trinajstić information content (AvgIpc) is 3.35. The van der Waals surface area contributed by atoms with Crippen molar-refractivity contribution < 1.29 is 18.7 Å². The van der Waals surface area contributed by atoms with E-state index in [1.807, 2.05) is 24.3 Å². The van der Waals surface area contributed by atoms with E-state index >= 15 is 0 Å². The van der Waals surface area contributed by atoms with E-state index in [0.717, 1.165) is 37.1 Å². The molecule has 2 aromatic carbocycles. The number of halogens is 1. The van der Waals surface area contributed by atoms with Gasteiger partial charge in [0.05, 0.1) is 12.3 Å². The molecule has 0 radical (unpaired) electrons. The van der Waals surface area contributed by atoms with E-state index in [0.29, 0.717) is 18.0 Å². The number of benzene rings is 2. The molecule has 9 heteroatoms. The van der Waals surface area contributed by atoms with Gasteiger partial charge in [0, 0.05) is 23.7 Å². The lowest BCUT2D eigenvalue weighted by molar-refractivity contribution is -0.111. The molecule has 2 heterocycles. The van der Waals surface area contributed by atoms with E-state index in [1.165, 1.54) is 6.08 Å². The first-order valence-corrected chi connectivity index (χ1v) is 10.5. The van der Waals surface area contributed by atoms with Crippen molar-refractivity contribution in [1.82, 2.24) is 9.97 Å². The molecule has 4 rings (SSSR count). The number of hydrogen-bond donors (Lipinski definition) is 3. The van der Waals surface area contributed by atoms with Crippen LogP contribution in [0.15, 0.2) is 67.4 Å². The molecule has 3 aromatic rings. The van der Waals surface area contributed by atoms with Crippen LogP contribution in [0.2, 0.25) is 0 Å². The van der Waals surface area contributed by atoms with Gasteiger partial charge in [-0.25, -0.2) is 9.37 Å². The summed E-state index contributed by atoms with van der Waals surface area (Å²) in [6.45, 7) is 4.74. The standard InChI is InChI=1S/C24H24FN5O3/c1-2-22(31)27-17-5-3-6-18(13-17)28-23-21(25)14-26-24(30-23)29-16-8-10-19(11-9-16)33-15-20-7-4-12-32-20/h2-3,5-6,8-11,13-14,20H,1,4,7,12,15H2,(H,27,31)(H2,26,28,29,30).